The van der Waals surface area contributed by atoms with Crippen molar-refractivity contribution >= 4 is 5.91 Å². The second-order valence-electron chi connectivity index (χ2n) is 8.67. The molecule has 1 amide bonds. The topological polar surface area (TPSA) is 74.5 Å². The molecule has 2 aromatic carbocycles. The van der Waals surface area contributed by atoms with E-state index in [9.17, 15) is 4.79 Å². The van der Waals surface area contributed by atoms with Crippen LogP contribution in [0, 0.1) is 0 Å². The number of benzene rings is 2. The van der Waals surface area contributed by atoms with Crippen LogP contribution in [0.2, 0.25) is 0 Å². The molecule has 1 aliphatic rings. The average Bonchev–Trinajstić information content (AvgIpc) is 3.39. The zero-order valence-electron chi connectivity index (χ0n) is 19.6. The molecule has 0 atom stereocenters. The number of nitrogens with zero attached hydrogens (tertiary/aromatic N) is 4. The second kappa shape index (κ2) is 11.1. The minimum Gasteiger partial charge on any atom is -0.447 e. The summed E-state index contributed by atoms with van der Waals surface area (Å²) in [5.74, 6) is 0.299. The van der Waals surface area contributed by atoms with Crippen LogP contribution < -0.4 is 5.32 Å². The van der Waals surface area contributed by atoms with Gasteiger partial charge in [-0.1, -0.05) is 66.7 Å². The number of hydrogen-bond acceptors (Lipinski definition) is 6. The number of carbonyl (C=O) groups excluding carboxylic acids is 1. The van der Waals surface area contributed by atoms with Crippen molar-refractivity contribution < 1.29 is 9.21 Å². The number of hydrogen-bond donors (Lipinski definition) is 1. The van der Waals surface area contributed by atoms with Crippen LogP contribution in [0.3, 0.4) is 0 Å². The van der Waals surface area contributed by atoms with E-state index in [0.717, 1.165) is 31.9 Å². The van der Waals surface area contributed by atoms with Gasteiger partial charge in [0.1, 0.15) is 6.26 Å². The highest BCUT2D eigenvalue weighted by Crippen LogP contribution is 2.29. The lowest BCUT2D eigenvalue weighted by molar-refractivity contribution is 0.0944. The molecule has 4 aromatic rings. The van der Waals surface area contributed by atoms with Crippen LogP contribution in [0.1, 0.15) is 39.2 Å². The molecule has 7 nitrogen and oxygen atoms in total. The minimum atomic E-state index is -0.260. The molecule has 35 heavy (non-hydrogen) atoms. The molecular weight excluding hydrogens is 438 g/mol. The molecule has 3 heterocycles. The van der Waals surface area contributed by atoms with Gasteiger partial charge in [0.2, 0.25) is 5.89 Å². The molecule has 1 N–H and O–H groups in total. The van der Waals surface area contributed by atoms with E-state index in [1.54, 1.807) is 6.20 Å². The third kappa shape index (κ3) is 5.82. The Bertz CT molecular complexity index is 1170. The Hall–Kier alpha value is -3.81. The number of pyridine rings is 1. The molecule has 1 saturated heterocycles. The van der Waals surface area contributed by atoms with Gasteiger partial charge in [-0.3, -0.25) is 19.6 Å². The Balaban J connectivity index is 1.17. The molecule has 5 rings (SSSR count). The predicted molar refractivity (Wildman–Crippen MR) is 133 cm³/mol. The number of rotatable bonds is 8. The monoisotopic (exact) mass is 467 g/mol. The van der Waals surface area contributed by atoms with E-state index in [1.807, 2.05) is 18.2 Å². The molecule has 0 radical (unpaired) electrons. The third-order valence-corrected chi connectivity index (χ3v) is 6.30. The quantitative estimate of drug-likeness (QED) is 0.424. The smallest absolute Gasteiger partial charge is 0.273 e. The van der Waals surface area contributed by atoms with Crippen LogP contribution in [0.5, 0.6) is 0 Å². The molecule has 1 aliphatic heterocycles. The molecule has 0 spiro atoms. The highest BCUT2D eigenvalue weighted by atomic mass is 16.3. The van der Waals surface area contributed by atoms with Crippen LogP contribution in [0.15, 0.2) is 95.7 Å². The fraction of sp³-hybridized carbons (Fsp3) is 0.250. The molecular formula is C28H29N5O2. The Kier molecular flexibility index (Phi) is 7.27. The van der Waals surface area contributed by atoms with Crippen molar-refractivity contribution in [1.82, 2.24) is 25.1 Å². The Labute approximate surface area is 205 Å². The largest absolute Gasteiger partial charge is 0.447 e. The molecule has 0 aliphatic carbocycles. The molecule has 1 fully saturated rings. The van der Waals surface area contributed by atoms with E-state index in [2.05, 4.69) is 85.7 Å². The van der Waals surface area contributed by atoms with E-state index in [-0.39, 0.29) is 11.9 Å². The van der Waals surface area contributed by atoms with Gasteiger partial charge in [0.05, 0.1) is 24.8 Å². The van der Waals surface area contributed by atoms with Crippen LogP contribution >= 0.6 is 0 Å². The summed E-state index contributed by atoms with van der Waals surface area (Å²) >= 11 is 0. The van der Waals surface area contributed by atoms with Crippen molar-refractivity contribution in [3.8, 4) is 0 Å². The lowest BCUT2D eigenvalue weighted by Gasteiger charge is -2.39. The first kappa shape index (κ1) is 23.0. The summed E-state index contributed by atoms with van der Waals surface area (Å²) in [7, 11) is 0. The number of piperazine rings is 1. The van der Waals surface area contributed by atoms with Crippen molar-refractivity contribution in [2.45, 2.75) is 19.1 Å². The highest BCUT2D eigenvalue weighted by molar-refractivity contribution is 5.91. The van der Waals surface area contributed by atoms with Crippen LogP contribution in [0.4, 0.5) is 0 Å². The second-order valence-corrected chi connectivity index (χ2v) is 8.67. The lowest BCUT2D eigenvalue weighted by atomic mass is 9.96. The summed E-state index contributed by atoms with van der Waals surface area (Å²) in [5.41, 5.74) is 3.71. The number of carbonyl (C=O) groups is 1. The number of amides is 1. The summed E-state index contributed by atoms with van der Waals surface area (Å²) in [5, 5.41) is 2.84. The Morgan fingerprint density at radius 3 is 2.17 bits per heavy atom. The number of oxazole rings is 1. The van der Waals surface area contributed by atoms with E-state index < -0.39 is 0 Å². The SMILES string of the molecule is O=C(NCc1ccccn1)c1coc(CN2CCN(C(c3ccccc3)c3ccccc3)CC2)n1. The predicted octanol–water partition coefficient (Wildman–Crippen LogP) is 3.91. The van der Waals surface area contributed by atoms with Crippen molar-refractivity contribution in [3.63, 3.8) is 0 Å². The Morgan fingerprint density at radius 2 is 1.54 bits per heavy atom. The van der Waals surface area contributed by atoms with E-state index in [4.69, 9.17) is 4.42 Å². The Morgan fingerprint density at radius 1 is 0.886 bits per heavy atom. The average molecular weight is 468 g/mol. The van der Waals surface area contributed by atoms with Crippen LogP contribution in [0.25, 0.3) is 0 Å². The number of nitrogens with one attached hydrogen (secondary N) is 1. The van der Waals surface area contributed by atoms with E-state index in [1.165, 1.54) is 17.4 Å². The maximum absolute atomic E-state index is 12.4. The molecule has 0 bridgehead atoms. The first-order chi connectivity index (χ1) is 17.3. The van der Waals surface area contributed by atoms with E-state index in [0.29, 0.717) is 24.7 Å². The van der Waals surface area contributed by atoms with Gasteiger partial charge in [-0.05, 0) is 23.3 Å². The van der Waals surface area contributed by atoms with Gasteiger partial charge in [-0.2, -0.15) is 0 Å². The zero-order chi connectivity index (χ0) is 23.9. The van der Waals surface area contributed by atoms with Gasteiger partial charge in [-0.25, -0.2) is 4.98 Å². The molecule has 0 saturated carbocycles. The first-order valence-electron chi connectivity index (χ1n) is 11.9. The molecule has 7 heteroatoms. The molecule has 2 aromatic heterocycles. The van der Waals surface area contributed by atoms with Crippen LogP contribution in [-0.4, -0.2) is 51.9 Å². The summed E-state index contributed by atoms with van der Waals surface area (Å²) in [4.78, 5) is 25.9. The van der Waals surface area contributed by atoms with Crippen LogP contribution in [-0.2, 0) is 13.1 Å². The summed E-state index contributed by atoms with van der Waals surface area (Å²) < 4.78 is 5.61. The fourth-order valence-corrected chi connectivity index (χ4v) is 4.51. The normalized spacial score (nSPS) is 14.8. The first-order valence-corrected chi connectivity index (χ1v) is 11.9. The summed E-state index contributed by atoms with van der Waals surface area (Å²) in [6, 6.07) is 27.2. The van der Waals surface area contributed by atoms with Crippen molar-refractivity contribution in [1.29, 1.82) is 0 Å². The maximum Gasteiger partial charge on any atom is 0.273 e. The summed E-state index contributed by atoms with van der Waals surface area (Å²) in [6.07, 6.45) is 3.14. The van der Waals surface area contributed by atoms with E-state index >= 15 is 0 Å². The standard InChI is InChI=1S/C28H29N5O2/c34-28(30-19-24-13-7-8-14-29-24)25-21-35-26(31-25)20-32-15-17-33(18-16-32)27(22-9-3-1-4-10-22)23-11-5-2-6-12-23/h1-14,21,27H,15-20H2,(H,30,34). The van der Waals surface area contributed by atoms with Gasteiger partial charge < -0.3 is 9.73 Å². The fourth-order valence-electron chi connectivity index (χ4n) is 4.51. The van der Waals surface area contributed by atoms with Crippen molar-refractivity contribution in [3.05, 3.63) is 120 Å². The van der Waals surface area contributed by atoms with Gasteiger partial charge >= 0.3 is 0 Å². The van der Waals surface area contributed by atoms with Gasteiger partial charge in [0.25, 0.3) is 5.91 Å². The minimum absolute atomic E-state index is 0.232. The maximum atomic E-state index is 12.4. The zero-order valence-corrected chi connectivity index (χ0v) is 19.6. The highest BCUT2D eigenvalue weighted by Gasteiger charge is 2.27. The number of aromatic nitrogens is 2. The van der Waals surface area contributed by atoms with Gasteiger partial charge in [0, 0.05) is 32.4 Å². The molecule has 0 unspecified atom stereocenters. The lowest BCUT2D eigenvalue weighted by Crippen LogP contribution is -2.47. The molecule has 178 valence electrons. The van der Waals surface area contributed by atoms with Gasteiger partial charge in [-0.15, -0.1) is 0 Å². The van der Waals surface area contributed by atoms with Crippen molar-refractivity contribution in [2.24, 2.45) is 0 Å². The van der Waals surface area contributed by atoms with Crippen molar-refractivity contribution in [2.75, 3.05) is 26.2 Å². The third-order valence-electron chi connectivity index (χ3n) is 6.30. The summed E-state index contributed by atoms with van der Waals surface area (Å²) in [6.45, 7) is 4.62. The van der Waals surface area contributed by atoms with Gasteiger partial charge in [0.15, 0.2) is 5.69 Å².